The van der Waals surface area contributed by atoms with Crippen LogP contribution < -0.4 is 0 Å². The molecule has 0 unspecified atom stereocenters. The quantitative estimate of drug-likeness (QED) is 0.641. The fourth-order valence-electron chi connectivity index (χ4n) is 3.14. The van der Waals surface area contributed by atoms with E-state index in [1.54, 1.807) is 30.3 Å². The van der Waals surface area contributed by atoms with Crippen molar-refractivity contribution in [3.8, 4) is 11.1 Å². The van der Waals surface area contributed by atoms with Crippen molar-refractivity contribution < 1.29 is 22.4 Å². The average Bonchev–Trinajstić information content (AvgIpc) is 3.02. The van der Waals surface area contributed by atoms with Crippen molar-refractivity contribution >= 4 is 11.6 Å². The van der Waals surface area contributed by atoms with Gasteiger partial charge in [0.25, 0.3) is 5.91 Å². The Kier molecular flexibility index (Phi) is 3.72. The Hall–Kier alpha value is -2.97. The maximum absolute atomic E-state index is 13.5. The summed E-state index contributed by atoms with van der Waals surface area (Å²) < 4.78 is 53.4. The molecule has 0 spiro atoms. The summed E-state index contributed by atoms with van der Waals surface area (Å²) in [6, 6.07) is 9.50. The fraction of sp³-hybridized carbons (Fsp3) is 0.278. The Labute approximate surface area is 151 Å². The van der Waals surface area contributed by atoms with Crippen LogP contribution in [0, 0.1) is 0 Å². The third-order valence-corrected chi connectivity index (χ3v) is 4.45. The number of carbonyl (C=O) groups excluding carboxylic acids is 1. The van der Waals surface area contributed by atoms with E-state index in [4.69, 9.17) is 0 Å². The van der Waals surface area contributed by atoms with Crippen molar-refractivity contribution in [1.82, 2.24) is 19.5 Å². The molecule has 3 aromatic rings. The molecule has 2 aromatic heterocycles. The Balaban J connectivity index is 1.61. The molecule has 1 aromatic carbocycles. The first kappa shape index (κ1) is 17.4. The summed E-state index contributed by atoms with van der Waals surface area (Å²) in [5.41, 5.74) is 0.293. The van der Waals surface area contributed by atoms with E-state index in [0.29, 0.717) is 16.7 Å². The first-order valence-electron chi connectivity index (χ1n) is 8.15. The van der Waals surface area contributed by atoms with Crippen LogP contribution in [0.3, 0.4) is 0 Å². The minimum absolute atomic E-state index is 0.0537. The highest BCUT2D eigenvalue weighted by Gasteiger charge is 2.41. The minimum Gasteiger partial charge on any atom is -0.332 e. The molecular formula is C18H14F4N4O. The largest absolute Gasteiger partial charge is 0.452 e. The number of pyridine rings is 1. The van der Waals surface area contributed by atoms with Crippen LogP contribution in [0.4, 0.5) is 17.6 Å². The van der Waals surface area contributed by atoms with Gasteiger partial charge in [0, 0.05) is 11.8 Å². The average molecular weight is 378 g/mol. The number of carbonyl (C=O) groups is 1. The fourth-order valence-corrected chi connectivity index (χ4v) is 3.14. The zero-order valence-corrected chi connectivity index (χ0v) is 14.2. The van der Waals surface area contributed by atoms with E-state index in [0.717, 1.165) is 4.40 Å². The summed E-state index contributed by atoms with van der Waals surface area (Å²) in [6.45, 7) is 1.55. The monoisotopic (exact) mass is 378 g/mol. The molecule has 0 atom stereocenters. The van der Waals surface area contributed by atoms with Gasteiger partial charge in [-0.3, -0.25) is 9.20 Å². The first-order chi connectivity index (χ1) is 12.6. The third kappa shape index (κ3) is 3.13. The van der Waals surface area contributed by atoms with Gasteiger partial charge in [0.15, 0.2) is 5.65 Å². The number of nitrogens with zero attached hydrogens (tertiary/aromatic N) is 4. The third-order valence-electron chi connectivity index (χ3n) is 4.45. The number of rotatable bonds is 2. The molecule has 0 aliphatic carbocycles. The molecule has 27 heavy (non-hydrogen) atoms. The zero-order valence-electron chi connectivity index (χ0n) is 14.2. The molecule has 0 saturated carbocycles. The first-order valence-corrected chi connectivity index (χ1v) is 8.15. The highest BCUT2D eigenvalue weighted by molar-refractivity contribution is 5.95. The molecule has 0 radical (unpaired) electrons. The second-order valence-corrected chi connectivity index (χ2v) is 6.82. The highest BCUT2D eigenvalue weighted by Crippen LogP contribution is 2.30. The van der Waals surface area contributed by atoms with Crippen LogP contribution in [-0.4, -0.2) is 44.2 Å². The lowest BCUT2D eigenvalue weighted by Gasteiger charge is -2.42. The molecule has 0 bridgehead atoms. The van der Waals surface area contributed by atoms with Crippen molar-refractivity contribution in [2.45, 2.75) is 18.8 Å². The van der Waals surface area contributed by atoms with E-state index in [1.165, 1.54) is 24.1 Å². The maximum atomic E-state index is 13.5. The lowest BCUT2D eigenvalue weighted by molar-refractivity contribution is -0.145. The number of likely N-dealkylation sites (tertiary alicyclic amines) is 1. The number of amides is 1. The number of benzene rings is 1. The van der Waals surface area contributed by atoms with Crippen molar-refractivity contribution in [1.29, 1.82) is 0 Å². The van der Waals surface area contributed by atoms with Gasteiger partial charge in [-0.2, -0.15) is 13.2 Å². The summed E-state index contributed by atoms with van der Waals surface area (Å²) in [6.07, 6.45) is -3.31. The van der Waals surface area contributed by atoms with E-state index in [-0.39, 0.29) is 24.6 Å². The molecule has 1 amide bonds. The van der Waals surface area contributed by atoms with Crippen molar-refractivity contribution in [3.63, 3.8) is 0 Å². The van der Waals surface area contributed by atoms with Gasteiger partial charge in [-0.1, -0.05) is 12.1 Å². The molecule has 140 valence electrons. The van der Waals surface area contributed by atoms with Gasteiger partial charge < -0.3 is 4.90 Å². The lowest BCUT2D eigenvalue weighted by Crippen LogP contribution is -2.59. The van der Waals surface area contributed by atoms with E-state index in [9.17, 15) is 22.4 Å². The summed E-state index contributed by atoms with van der Waals surface area (Å²) >= 11 is 0. The predicted molar refractivity (Wildman–Crippen MR) is 88.8 cm³/mol. The van der Waals surface area contributed by atoms with Crippen molar-refractivity contribution in [2.24, 2.45) is 0 Å². The van der Waals surface area contributed by atoms with Gasteiger partial charge in [0.05, 0.1) is 13.1 Å². The Morgan fingerprint density at radius 2 is 1.67 bits per heavy atom. The van der Waals surface area contributed by atoms with E-state index >= 15 is 0 Å². The highest BCUT2D eigenvalue weighted by atomic mass is 19.4. The number of alkyl halides is 4. The van der Waals surface area contributed by atoms with Gasteiger partial charge in [-0.05, 0) is 42.3 Å². The summed E-state index contributed by atoms with van der Waals surface area (Å²) in [4.78, 5) is 13.7. The SMILES string of the molecule is CC1(F)CN(C(=O)c2ccc(-c3ccc4nnc(C(F)(F)F)n4c3)cc2)C1. The topological polar surface area (TPSA) is 50.5 Å². The summed E-state index contributed by atoms with van der Waals surface area (Å²) in [5, 5.41) is 6.71. The number of halogens is 4. The number of hydrogen-bond acceptors (Lipinski definition) is 3. The van der Waals surface area contributed by atoms with Crippen molar-refractivity contribution in [3.05, 3.63) is 54.0 Å². The lowest BCUT2D eigenvalue weighted by atomic mass is 9.97. The van der Waals surface area contributed by atoms with Crippen LogP contribution in [-0.2, 0) is 6.18 Å². The molecule has 5 nitrogen and oxygen atoms in total. The number of hydrogen-bond donors (Lipinski definition) is 0. The Bertz CT molecular complexity index is 1020. The minimum atomic E-state index is -4.61. The molecule has 1 aliphatic heterocycles. The van der Waals surface area contributed by atoms with E-state index in [1.807, 2.05) is 0 Å². The molecular weight excluding hydrogens is 364 g/mol. The van der Waals surface area contributed by atoms with E-state index < -0.39 is 17.7 Å². The van der Waals surface area contributed by atoms with Gasteiger partial charge >= 0.3 is 6.18 Å². The molecule has 0 N–H and O–H groups in total. The van der Waals surface area contributed by atoms with E-state index in [2.05, 4.69) is 10.2 Å². The standard InChI is InChI=1S/C18H14F4N4O/c1-17(19)9-25(10-17)15(27)12-4-2-11(3-5-12)13-6-7-14-23-24-16(18(20,21)22)26(14)8-13/h2-8H,9-10H2,1H3. The maximum Gasteiger partial charge on any atom is 0.452 e. The number of fused-ring (bicyclic) bond motifs is 1. The second-order valence-electron chi connectivity index (χ2n) is 6.82. The predicted octanol–water partition coefficient (Wildman–Crippen LogP) is 3.60. The van der Waals surface area contributed by atoms with Crippen LogP contribution in [0.15, 0.2) is 42.6 Å². The zero-order chi connectivity index (χ0) is 19.4. The molecule has 1 saturated heterocycles. The van der Waals surface area contributed by atoms with Crippen molar-refractivity contribution in [2.75, 3.05) is 13.1 Å². The number of aromatic nitrogens is 3. The molecule has 4 rings (SSSR count). The van der Waals surface area contributed by atoms with Crippen LogP contribution in [0.25, 0.3) is 16.8 Å². The van der Waals surface area contributed by atoms with Crippen LogP contribution in [0.2, 0.25) is 0 Å². The van der Waals surface area contributed by atoms with Gasteiger partial charge in [-0.15, -0.1) is 10.2 Å². The van der Waals surface area contributed by atoms with Crippen LogP contribution >= 0.6 is 0 Å². The Morgan fingerprint density at radius 3 is 2.26 bits per heavy atom. The molecule has 1 aliphatic rings. The van der Waals surface area contributed by atoms with Gasteiger partial charge in [-0.25, -0.2) is 4.39 Å². The molecule has 3 heterocycles. The smallest absolute Gasteiger partial charge is 0.332 e. The second kappa shape index (κ2) is 5.77. The van der Waals surface area contributed by atoms with Gasteiger partial charge in [0.1, 0.15) is 5.67 Å². The molecule has 9 heteroatoms. The van der Waals surface area contributed by atoms with Crippen LogP contribution in [0.5, 0.6) is 0 Å². The van der Waals surface area contributed by atoms with Gasteiger partial charge in [0.2, 0.25) is 5.82 Å². The molecule has 1 fully saturated rings. The Morgan fingerprint density at radius 1 is 1.04 bits per heavy atom. The summed E-state index contributed by atoms with van der Waals surface area (Å²) in [5.74, 6) is -1.37. The summed E-state index contributed by atoms with van der Waals surface area (Å²) in [7, 11) is 0. The normalized spacial score (nSPS) is 16.4. The van der Waals surface area contributed by atoms with Crippen LogP contribution in [0.1, 0.15) is 23.1 Å².